The van der Waals surface area contributed by atoms with Crippen LogP contribution >= 0.6 is 0 Å². The maximum absolute atomic E-state index is 14.3. The summed E-state index contributed by atoms with van der Waals surface area (Å²) >= 11 is 0. The third-order valence-corrected chi connectivity index (χ3v) is 7.14. The molecule has 3 heterocycles. The van der Waals surface area contributed by atoms with E-state index >= 15 is 0 Å². The second-order valence-electron chi connectivity index (χ2n) is 9.80. The Balaban J connectivity index is 1.39. The molecule has 9 nitrogen and oxygen atoms in total. The lowest BCUT2D eigenvalue weighted by Crippen LogP contribution is -2.52. The highest BCUT2D eigenvalue weighted by atomic mass is 16.7. The van der Waals surface area contributed by atoms with Crippen LogP contribution in [0.3, 0.4) is 0 Å². The van der Waals surface area contributed by atoms with E-state index in [1.165, 1.54) is 4.90 Å². The van der Waals surface area contributed by atoms with E-state index < -0.39 is 18.1 Å². The third kappa shape index (κ3) is 4.76. The number of hydrogen-bond acceptors (Lipinski definition) is 7. The summed E-state index contributed by atoms with van der Waals surface area (Å²) in [5.41, 5.74) is 0.458. The van der Waals surface area contributed by atoms with Crippen molar-refractivity contribution in [1.82, 2.24) is 5.32 Å². The molecule has 1 fully saturated rings. The number of ether oxygens (including phenoxy) is 4. The number of amides is 2. The summed E-state index contributed by atoms with van der Waals surface area (Å²) in [6.45, 7) is 1.90. The molecule has 1 aromatic heterocycles. The van der Waals surface area contributed by atoms with Gasteiger partial charge in [-0.1, -0.05) is 31.4 Å². The number of furan rings is 1. The van der Waals surface area contributed by atoms with Crippen molar-refractivity contribution in [3.8, 4) is 23.0 Å². The van der Waals surface area contributed by atoms with Gasteiger partial charge in [-0.05, 0) is 56.2 Å². The number of hydrogen-bond donors (Lipinski definition) is 1. The Hall–Kier alpha value is -4.14. The smallest absolute Gasteiger partial charge is 0.272 e. The maximum Gasteiger partial charge on any atom is 0.272 e. The second kappa shape index (κ2) is 10.3. The molecule has 2 aliphatic heterocycles. The summed E-state index contributed by atoms with van der Waals surface area (Å²) in [5.74, 6) is 2.36. The quantitative estimate of drug-likeness (QED) is 0.506. The van der Waals surface area contributed by atoms with E-state index in [1.54, 1.807) is 49.4 Å². The van der Waals surface area contributed by atoms with E-state index in [0.717, 1.165) is 32.1 Å². The first-order valence-corrected chi connectivity index (χ1v) is 13.0. The van der Waals surface area contributed by atoms with Gasteiger partial charge in [-0.2, -0.15) is 0 Å². The highest BCUT2D eigenvalue weighted by Crippen LogP contribution is 2.40. The van der Waals surface area contributed by atoms with Crippen molar-refractivity contribution in [2.75, 3.05) is 18.3 Å². The molecule has 1 saturated carbocycles. The standard InChI is InChI=1S/C29H30N2O7/c1-18-11-13-24(37-18)27(28(32)30-19-7-3-2-4-8-19)31(20-12-14-22-25(15-20)36-17-35-22)29(33)26-16-34-21-9-5-6-10-23(21)38-26/h5-6,9-15,19,26-27H,2-4,7-8,16-17H2,1H3,(H,30,32)/t26-,27+/m1/s1. The number of benzene rings is 2. The average molecular weight is 519 g/mol. The predicted molar refractivity (Wildman–Crippen MR) is 138 cm³/mol. The molecule has 3 aliphatic rings. The summed E-state index contributed by atoms with van der Waals surface area (Å²) in [6.07, 6.45) is 4.12. The van der Waals surface area contributed by atoms with Crippen LogP contribution in [0.4, 0.5) is 5.69 Å². The van der Waals surface area contributed by atoms with Gasteiger partial charge in [-0.25, -0.2) is 0 Å². The molecule has 1 aliphatic carbocycles. The van der Waals surface area contributed by atoms with Gasteiger partial charge in [0.05, 0.1) is 0 Å². The molecule has 9 heteroatoms. The largest absolute Gasteiger partial charge is 0.485 e. The fraction of sp³-hybridized carbons (Fsp3) is 0.379. The van der Waals surface area contributed by atoms with Crippen LogP contribution in [-0.2, 0) is 9.59 Å². The summed E-state index contributed by atoms with van der Waals surface area (Å²) < 4.78 is 29.0. The summed E-state index contributed by atoms with van der Waals surface area (Å²) in [5, 5.41) is 3.18. The number of carbonyl (C=O) groups excluding carboxylic acids is 2. The van der Waals surface area contributed by atoms with Crippen LogP contribution in [0.25, 0.3) is 0 Å². The zero-order valence-corrected chi connectivity index (χ0v) is 21.2. The van der Waals surface area contributed by atoms with Crippen molar-refractivity contribution in [2.24, 2.45) is 0 Å². The molecule has 0 spiro atoms. The molecule has 0 radical (unpaired) electrons. The number of para-hydroxylation sites is 2. The molecule has 2 atom stereocenters. The minimum atomic E-state index is -1.07. The summed E-state index contributed by atoms with van der Waals surface area (Å²) in [7, 11) is 0. The normalized spacial score (nSPS) is 19.0. The zero-order valence-electron chi connectivity index (χ0n) is 21.2. The Kier molecular flexibility index (Phi) is 6.57. The molecule has 0 saturated heterocycles. The molecule has 0 unspecified atom stereocenters. The average Bonchev–Trinajstić information content (AvgIpc) is 3.59. The molecule has 38 heavy (non-hydrogen) atoms. The lowest BCUT2D eigenvalue weighted by molar-refractivity contribution is -0.132. The van der Waals surface area contributed by atoms with Gasteiger partial charge in [-0.15, -0.1) is 0 Å². The maximum atomic E-state index is 14.3. The summed E-state index contributed by atoms with van der Waals surface area (Å²) in [4.78, 5) is 29.6. The first-order chi connectivity index (χ1) is 18.6. The van der Waals surface area contributed by atoms with Crippen molar-refractivity contribution in [3.63, 3.8) is 0 Å². The number of rotatable bonds is 6. The van der Waals surface area contributed by atoms with E-state index in [-0.39, 0.29) is 25.3 Å². The van der Waals surface area contributed by atoms with E-state index in [2.05, 4.69) is 5.32 Å². The molecule has 6 rings (SSSR count). The van der Waals surface area contributed by atoms with Crippen LogP contribution in [0.5, 0.6) is 23.0 Å². The van der Waals surface area contributed by atoms with Gasteiger partial charge in [0.2, 0.25) is 12.9 Å². The van der Waals surface area contributed by atoms with Crippen molar-refractivity contribution in [3.05, 3.63) is 66.1 Å². The van der Waals surface area contributed by atoms with Crippen LogP contribution in [0.2, 0.25) is 0 Å². The Labute approximate surface area is 220 Å². The van der Waals surface area contributed by atoms with Crippen molar-refractivity contribution in [1.29, 1.82) is 0 Å². The molecule has 0 bridgehead atoms. The molecule has 2 aromatic carbocycles. The first-order valence-electron chi connectivity index (χ1n) is 13.0. The molecular weight excluding hydrogens is 488 g/mol. The topological polar surface area (TPSA) is 99.5 Å². The summed E-state index contributed by atoms with van der Waals surface area (Å²) in [6, 6.07) is 14.9. The predicted octanol–water partition coefficient (Wildman–Crippen LogP) is 4.68. The highest BCUT2D eigenvalue weighted by Gasteiger charge is 2.41. The highest BCUT2D eigenvalue weighted by molar-refractivity contribution is 6.03. The zero-order chi connectivity index (χ0) is 26.1. The van der Waals surface area contributed by atoms with Crippen LogP contribution in [0, 0.1) is 6.92 Å². The Morgan fingerprint density at radius 1 is 0.895 bits per heavy atom. The molecule has 3 aromatic rings. The number of anilines is 1. The third-order valence-electron chi connectivity index (χ3n) is 7.14. The van der Waals surface area contributed by atoms with Crippen molar-refractivity contribution >= 4 is 17.5 Å². The molecule has 1 N–H and O–H groups in total. The van der Waals surface area contributed by atoms with Crippen LogP contribution < -0.4 is 29.2 Å². The monoisotopic (exact) mass is 518 g/mol. The van der Waals surface area contributed by atoms with E-state index in [0.29, 0.717) is 40.2 Å². The van der Waals surface area contributed by atoms with Gasteiger partial charge in [0, 0.05) is 17.8 Å². The van der Waals surface area contributed by atoms with Gasteiger partial charge >= 0.3 is 0 Å². The molecule has 198 valence electrons. The fourth-order valence-corrected chi connectivity index (χ4v) is 5.24. The number of fused-ring (bicyclic) bond motifs is 2. The molecular formula is C29H30N2O7. The minimum Gasteiger partial charge on any atom is -0.485 e. The second-order valence-corrected chi connectivity index (χ2v) is 9.80. The minimum absolute atomic E-state index is 0.00501. The van der Waals surface area contributed by atoms with Crippen molar-refractivity contribution in [2.45, 2.75) is 57.2 Å². The number of nitrogens with zero attached hydrogens (tertiary/aromatic N) is 1. The Bertz CT molecular complexity index is 1330. The first kappa shape index (κ1) is 24.2. The van der Waals surface area contributed by atoms with E-state index in [4.69, 9.17) is 23.4 Å². The number of aryl methyl sites for hydroxylation is 1. The lowest BCUT2D eigenvalue weighted by Gasteiger charge is -2.35. The lowest BCUT2D eigenvalue weighted by atomic mass is 9.95. The SMILES string of the molecule is Cc1ccc([C@@H](C(=O)NC2CCCCC2)N(C(=O)[C@H]2COc3ccccc3O2)c2ccc3c(c2)OCO3)o1. The number of carbonyl (C=O) groups is 2. The van der Waals surface area contributed by atoms with Gasteiger partial charge in [-0.3, -0.25) is 14.5 Å². The molecule has 2 amide bonds. The van der Waals surface area contributed by atoms with E-state index in [1.807, 2.05) is 12.1 Å². The van der Waals surface area contributed by atoms with Gasteiger partial charge in [0.25, 0.3) is 11.8 Å². The van der Waals surface area contributed by atoms with Crippen molar-refractivity contribution < 1.29 is 33.0 Å². The van der Waals surface area contributed by atoms with Gasteiger partial charge in [0.15, 0.2) is 29.0 Å². The van der Waals surface area contributed by atoms with Crippen LogP contribution in [0.1, 0.15) is 49.7 Å². The number of nitrogens with one attached hydrogen (secondary N) is 1. The van der Waals surface area contributed by atoms with Crippen LogP contribution in [0.15, 0.2) is 59.0 Å². The van der Waals surface area contributed by atoms with Gasteiger partial charge < -0.3 is 28.7 Å². The fourth-order valence-electron chi connectivity index (χ4n) is 5.24. The van der Waals surface area contributed by atoms with E-state index in [9.17, 15) is 9.59 Å². The van der Waals surface area contributed by atoms with Gasteiger partial charge in [0.1, 0.15) is 18.1 Å². The Morgan fingerprint density at radius 2 is 1.66 bits per heavy atom. The Morgan fingerprint density at radius 3 is 2.45 bits per heavy atom. The van der Waals surface area contributed by atoms with Crippen LogP contribution in [-0.4, -0.2) is 37.4 Å².